The van der Waals surface area contributed by atoms with Gasteiger partial charge in [-0.3, -0.25) is 0 Å². The first-order valence-electron chi connectivity index (χ1n) is 6.64. The van der Waals surface area contributed by atoms with Gasteiger partial charge in [0.05, 0.1) is 23.5 Å². The second-order valence-corrected chi connectivity index (χ2v) is 4.93. The molecule has 1 aromatic heterocycles. The molecular weight excluding hydrogens is 246 g/mol. The molecule has 3 aromatic rings. The Balaban J connectivity index is 2.12. The molecule has 1 heterocycles. The Labute approximate surface area is 118 Å². The fourth-order valence-electron chi connectivity index (χ4n) is 2.44. The van der Waals surface area contributed by atoms with Crippen molar-refractivity contribution in [1.82, 2.24) is 9.55 Å². The van der Waals surface area contributed by atoms with E-state index in [0.717, 1.165) is 23.4 Å². The molecule has 0 spiro atoms. The first-order valence-corrected chi connectivity index (χ1v) is 6.64. The Morgan fingerprint density at radius 2 is 1.95 bits per heavy atom. The highest BCUT2D eigenvalue weighted by atomic mass is 15.1. The minimum Gasteiger partial charge on any atom is -0.323 e. The normalized spacial score (nSPS) is 10.6. The molecule has 20 heavy (non-hydrogen) atoms. The van der Waals surface area contributed by atoms with Gasteiger partial charge in [0.15, 0.2) is 0 Å². The van der Waals surface area contributed by atoms with Crippen LogP contribution < -0.4 is 0 Å². The van der Waals surface area contributed by atoms with E-state index < -0.39 is 0 Å². The predicted molar refractivity (Wildman–Crippen MR) is 79.3 cm³/mol. The standard InChI is InChI=1S/C17H15N3/c1-13-7-8-16-15(11-13)19-17(9-10-18)20(16)12-14-5-3-2-4-6-14/h2-8,11H,9,12H2,1H3. The summed E-state index contributed by atoms with van der Waals surface area (Å²) < 4.78 is 2.13. The van der Waals surface area contributed by atoms with Crippen molar-refractivity contribution in [3.63, 3.8) is 0 Å². The van der Waals surface area contributed by atoms with Crippen LogP contribution in [0.5, 0.6) is 0 Å². The number of imidazole rings is 1. The monoisotopic (exact) mass is 261 g/mol. The van der Waals surface area contributed by atoms with E-state index in [1.165, 1.54) is 11.1 Å². The summed E-state index contributed by atoms with van der Waals surface area (Å²) in [6.45, 7) is 2.80. The molecular formula is C17H15N3. The van der Waals surface area contributed by atoms with Crippen LogP contribution in [0.1, 0.15) is 17.0 Å². The maximum Gasteiger partial charge on any atom is 0.124 e. The van der Waals surface area contributed by atoms with E-state index in [1.54, 1.807) is 0 Å². The average Bonchev–Trinajstić information content (AvgIpc) is 2.77. The molecule has 0 bridgehead atoms. The Hall–Kier alpha value is -2.60. The van der Waals surface area contributed by atoms with Crippen LogP contribution in [0.4, 0.5) is 0 Å². The lowest BCUT2D eigenvalue weighted by Crippen LogP contribution is -2.04. The summed E-state index contributed by atoms with van der Waals surface area (Å²) in [5.74, 6) is 0.831. The summed E-state index contributed by atoms with van der Waals surface area (Å²) in [5.41, 5.74) is 4.45. The van der Waals surface area contributed by atoms with Gasteiger partial charge in [0.1, 0.15) is 5.82 Å². The highest BCUT2D eigenvalue weighted by molar-refractivity contribution is 5.77. The third-order valence-electron chi connectivity index (χ3n) is 3.40. The van der Waals surface area contributed by atoms with Crippen LogP contribution in [0.25, 0.3) is 11.0 Å². The number of nitriles is 1. The van der Waals surface area contributed by atoms with Crippen molar-refractivity contribution in [2.24, 2.45) is 0 Å². The van der Waals surface area contributed by atoms with Crippen LogP contribution in [0, 0.1) is 18.3 Å². The van der Waals surface area contributed by atoms with E-state index in [0.29, 0.717) is 6.42 Å². The molecule has 0 aliphatic heterocycles. The molecule has 3 rings (SSSR count). The van der Waals surface area contributed by atoms with Crippen molar-refractivity contribution in [2.75, 3.05) is 0 Å². The van der Waals surface area contributed by atoms with Gasteiger partial charge in [-0.15, -0.1) is 0 Å². The second kappa shape index (κ2) is 5.18. The zero-order valence-electron chi connectivity index (χ0n) is 11.4. The number of aromatic nitrogens is 2. The minimum absolute atomic E-state index is 0.334. The molecule has 2 aromatic carbocycles. The lowest BCUT2D eigenvalue weighted by molar-refractivity contribution is 0.769. The largest absolute Gasteiger partial charge is 0.323 e. The molecule has 0 saturated heterocycles. The van der Waals surface area contributed by atoms with Gasteiger partial charge < -0.3 is 4.57 Å². The quantitative estimate of drug-likeness (QED) is 0.724. The number of nitrogens with zero attached hydrogens (tertiary/aromatic N) is 3. The molecule has 0 saturated carbocycles. The fraction of sp³-hybridized carbons (Fsp3) is 0.176. The molecule has 0 aliphatic rings. The number of rotatable bonds is 3. The SMILES string of the molecule is Cc1ccc2c(c1)nc(CC#N)n2Cc1ccccc1. The molecule has 0 N–H and O–H groups in total. The number of hydrogen-bond donors (Lipinski definition) is 0. The van der Waals surface area contributed by atoms with Crippen molar-refractivity contribution in [3.8, 4) is 6.07 Å². The summed E-state index contributed by atoms with van der Waals surface area (Å²) in [6, 6.07) is 18.7. The molecule has 0 radical (unpaired) electrons. The van der Waals surface area contributed by atoms with Gasteiger partial charge in [-0.1, -0.05) is 36.4 Å². The molecule has 0 atom stereocenters. The average molecular weight is 261 g/mol. The third-order valence-corrected chi connectivity index (χ3v) is 3.40. The van der Waals surface area contributed by atoms with E-state index in [-0.39, 0.29) is 0 Å². The molecule has 0 fully saturated rings. The molecule has 0 unspecified atom stereocenters. The molecule has 3 nitrogen and oxygen atoms in total. The van der Waals surface area contributed by atoms with E-state index in [4.69, 9.17) is 5.26 Å². The topological polar surface area (TPSA) is 41.6 Å². The smallest absolute Gasteiger partial charge is 0.124 e. The van der Waals surface area contributed by atoms with Crippen molar-refractivity contribution < 1.29 is 0 Å². The number of hydrogen-bond acceptors (Lipinski definition) is 2. The maximum absolute atomic E-state index is 8.99. The van der Waals surface area contributed by atoms with Gasteiger partial charge in [0.25, 0.3) is 0 Å². The highest BCUT2D eigenvalue weighted by Crippen LogP contribution is 2.19. The van der Waals surface area contributed by atoms with Crippen LogP contribution in [0.3, 0.4) is 0 Å². The number of fused-ring (bicyclic) bond motifs is 1. The van der Waals surface area contributed by atoms with Crippen LogP contribution >= 0.6 is 0 Å². The summed E-state index contributed by atoms with van der Waals surface area (Å²) in [6.07, 6.45) is 0.334. The Kier molecular flexibility index (Phi) is 3.22. The maximum atomic E-state index is 8.99. The van der Waals surface area contributed by atoms with Crippen LogP contribution in [0.15, 0.2) is 48.5 Å². The lowest BCUT2D eigenvalue weighted by atomic mass is 10.2. The van der Waals surface area contributed by atoms with Gasteiger partial charge in [-0.2, -0.15) is 5.26 Å². The minimum atomic E-state index is 0.334. The van der Waals surface area contributed by atoms with Crippen LogP contribution in [-0.4, -0.2) is 9.55 Å². The van der Waals surface area contributed by atoms with Gasteiger partial charge in [0, 0.05) is 6.54 Å². The summed E-state index contributed by atoms with van der Waals surface area (Å²) in [7, 11) is 0. The molecule has 98 valence electrons. The molecule has 3 heteroatoms. The number of aryl methyl sites for hydroxylation is 1. The van der Waals surface area contributed by atoms with Gasteiger partial charge >= 0.3 is 0 Å². The molecule has 0 aliphatic carbocycles. The van der Waals surface area contributed by atoms with E-state index in [1.807, 2.05) is 18.2 Å². The van der Waals surface area contributed by atoms with Crippen molar-refractivity contribution in [1.29, 1.82) is 5.26 Å². The first kappa shape index (κ1) is 12.4. The Morgan fingerprint density at radius 1 is 1.15 bits per heavy atom. The zero-order chi connectivity index (χ0) is 13.9. The third kappa shape index (κ3) is 2.28. The predicted octanol–water partition coefficient (Wildman–Crippen LogP) is 3.46. The Morgan fingerprint density at radius 3 is 2.70 bits per heavy atom. The van der Waals surface area contributed by atoms with Gasteiger partial charge in [-0.05, 0) is 30.2 Å². The van der Waals surface area contributed by atoms with Crippen molar-refractivity contribution in [2.45, 2.75) is 19.9 Å². The number of benzene rings is 2. The Bertz CT molecular complexity index is 779. The van der Waals surface area contributed by atoms with Crippen molar-refractivity contribution in [3.05, 3.63) is 65.5 Å². The summed E-state index contributed by atoms with van der Waals surface area (Å²) in [4.78, 5) is 4.60. The first-order chi connectivity index (χ1) is 9.78. The van der Waals surface area contributed by atoms with Gasteiger partial charge in [0.2, 0.25) is 0 Å². The van der Waals surface area contributed by atoms with Crippen molar-refractivity contribution >= 4 is 11.0 Å². The fourth-order valence-corrected chi connectivity index (χ4v) is 2.44. The second-order valence-electron chi connectivity index (χ2n) is 4.93. The van der Waals surface area contributed by atoms with E-state index in [2.05, 4.69) is 52.9 Å². The zero-order valence-corrected chi connectivity index (χ0v) is 11.4. The molecule has 0 amide bonds. The van der Waals surface area contributed by atoms with E-state index in [9.17, 15) is 0 Å². The summed E-state index contributed by atoms with van der Waals surface area (Å²) >= 11 is 0. The highest BCUT2D eigenvalue weighted by Gasteiger charge is 2.10. The lowest BCUT2D eigenvalue weighted by Gasteiger charge is -2.07. The van der Waals surface area contributed by atoms with E-state index >= 15 is 0 Å². The van der Waals surface area contributed by atoms with Crippen LogP contribution in [-0.2, 0) is 13.0 Å². The summed E-state index contributed by atoms with van der Waals surface area (Å²) in [5, 5.41) is 8.99. The van der Waals surface area contributed by atoms with Gasteiger partial charge in [-0.25, -0.2) is 4.98 Å². The van der Waals surface area contributed by atoms with Crippen LogP contribution in [0.2, 0.25) is 0 Å².